The summed E-state index contributed by atoms with van der Waals surface area (Å²) in [6, 6.07) is 6.24. The summed E-state index contributed by atoms with van der Waals surface area (Å²) in [6.07, 6.45) is -1.02. The first-order chi connectivity index (χ1) is 7.99. The van der Waals surface area contributed by atoms with Crippen molar-refractivity contribution in [2.24, 2.45) is 7.05 Å². The van der Waals surface area contributed by atoms with Crippen molar-refractivity contribution in [1.29, 1.82) is 0 Å². The molecule has 1 N–H and O–H groups in total. The van der Waals surface area contributed by atoms with E-state index in [1.54, 1.807) is 29.9 Å². The SMILES string of the molecule is Cc1cc(C(O)c2cc(Br)ccc2F)n(C)n1. The van der Waals surface area contributed by atoms with Crippen molar-refractivity contribution in [2.45, 2.75) is 13.0 Å². The number of halogens is 2. The average Bonchev–Trinajstić information content (AvgIpc) is 2.60. The van der Waals surface area contributed by atoms with Crippen LogP contribution in [0.2, 0.25) is 0 Å². The minimum atomic E-state index is -1.02. The second kappa shape index (κ2) is 4.58. The maximum absolute atomic E-state index is 13.6. The van der Waals surface area contributed by atoms with Gasteiger partial charge in [0.1, 0.15) is 11.9 Å². The van der Waals surface area contributed by atoms with Crippen LogP contribution in [0.5, 0.6) is 0 Å². The Morgan fingerprint density at radius 1 is 1.41 bits per heavy atom. The Bertz CT molecular complexity index is 553. The molecule has 0 amide bonds. The van der Waals surface area contributed by atoms with Gasteiger partial charge in [-0.15, -0.1) is 0 Å². The fourth-order valence-corrected chi connectivity index (χ4v) is 2.15. The van der Waals surface area contributed by atoms with Crippen LogP contribution >= 0.6 is 15.9 Å². The molecule has 1 unspecified atom stereocenters. The maximum Gasteiger partial charge on any atom is 0.129 e. The summed E-state index contributed by atoms with van der Waals surface area (Å²) in [4.78, 5) is 0. The molecule has 2 aromatic rings. The fraction of sp³-hybridized carbons (Fsp3) is 0.250. The molecule has 0 spiro atoms. The molecule has 1 heterocycles. The molecule has 0 aliphatic heterocycles. The van der Waals surface area contributed by atoms with E-state index in [9.17, 15) is 9.50 Å². The van der Waals surface area contributed by atoms with Gasteiger partial charge in [0.25, 0.3) is 0 Å². The van der Waals surface area contributed by atoms with E-state index in [1.807, 2.05) is 6.92 Å². The molecule has 0 radical (unpaired) electrons. The van der Waals surface area contributed by atoms with E-state index in [1.165, 1.54) is 6.07 Å². The molecule has 0 aliphatic carbocycles. The van der Waals surface area contributed by atoms with Crippen molar-refractivity contribution in [3.8, 4) is 0 Å². The number of aryl methyl sites for hydroxylation is 2. The second-order valence-electron chi connectivity index (χ2n) is 3.90. The maximum atomic E-state index is 13.6. The van der Waals surface area contributed by atoms with E-state index in [2.05, 4.69) is 21.0 Å². The van der Waals surface area contributed by atoms with Crippen molar-refractivity contribution < 1.29 is 9.50 Å². The standard InChI is InChI=1S/C12H12BrFN2O/c1-7-5-11(16(2)15-7)12(17)9-6-8(13)3-4-10(9)14/h3-6,12,17H,1-2H3. The lowest BCUT2D eigenvalue weighted by Crippen LogP contribution is -2.08. The largest absolute Gasteiger partial charge is 0.382 e. The van der Waals surface area contributed by atoms with Crippen LogP contribution in [-0.2, 0) is 7.05 Å². The topological polar surface area (TPSA) is 38.0 Å². The third kappa shape index (κ3) is 2.40. The zero-order chi connectivity index (χ0) is 12.6. The van der Waals surface area contributed by atoms with Crippen LogP contribution in [0.4, 0.5) is 4.39 Å². The summed E-state index contributed by atoms with van der Waals surface area (Å²) in [6.45, 7) is 1.83. The first kappa shape index (κ1) is 12.3. The number of hydrogen-bond acceptors (Lipinski definition) is 2. The molecule has 17 heavy (non-hydrogen) atoms. The van der Waals surface area contributed by atoms with Crippen LogP contribution in [-0.4, -0.2) is 14.9 Å². The number of benzene rings is 1. The predicted octanol–water partition coefficient (Wildman–Crippen LogP) is 2.71. The lowest BCUT2D eigenvalue weighted by Gasteiger charge is -2.12. The Morgan fingerprint density at radius 3 is 2.71 bits per heavy atom. The van der Waals surface area contributed by atoms with Crippen molar-refractivity contribution in [2.75, 3.05) is 0 Å². The Morgan fingerprint density at radius 2 is 2.12 bits per heavy atom. The Hall–Kier alpha value is -1.20. The molecule has 2 rings (SSSR count). The Kier molecular flexibility index (Phi) is 3.31. The Labute approximate surface area is 107 Å². The quantitative estimate of drug-likeness (QED) is 0.926. The summed E-state index contributed by atoms with van der Waals surface area (Å²) in [7, 11) is 1.72. The summed E-state index contributed by atoms with van der Waals surface area (Å²) in [5, 5.41) is 14.3. The highest BCUT2D eigenvalue weighted by molar-refractivity contribution is 9.10. The third-order valence-electron chi connectivity index (χ3n) is 2.57. The molecule has 0 saturated heterocycles. The van der Waals surface area contributed by atoms with Crippen molar-refractivity contribution >= 4 is 15.9 Å². The molecule has 1 aromatic heterocycles. The molecule has 1 aromatic carbocycles. The van der Waals surface area contributed by atoms with Crippen LogP contribution in [0.3, 0.4) is 0 Å². The van der Waals surface area contributed by atoms with E-state index in [0.717, 1.165) is 10.2 Å². The van der Waals surface area contributed by atoms with Crippen molar-refractivity contribution in [3.05, 3.63) is 51.5 Å². The third-order valence-corrected chi connectivity index (χ3v) is 3.06. The first-order valence-electron chi connectivity index (χ1n) is 5.12. The zero-order valence-corrected chi connectivity index (χ0v) is 11.1. The van der Waals surface area contributed by atoms with Gasteiger partial charge >= 0.3 is 0 Å². The molecule has 0 saturated carbocycles. The number of hydrogen-bond donors (Lipinski definition) is 1. The summed E-state index contributed by atoms with van der Waals surface area (Å²) in [5.41, 5.74) is 1.60. The van der Waals surface area contributed by atoms with Crippen LogP contribution in [0.25, 0.3) is 0 Å². The molecule has 90 valence electrons. The highest BCUT2D eigenvalue weighted by Crippen LogP contribution is 2.27. The summed E-state index contributed by atoms with van der Waals surface area (Å²) >= 11 is 3.26. The number of nitrogens with zero attached hydrogens (tertiary/aromatic N) is 2. The van der Waals surface area contributed by atoms with Gasteiger partial charge in [-0.2, -0.15) is 5.10 Å². The highest BCUT2D eigenvalue weighted by Gasteiger charge is 2.19. The van der Waals surface area contributed by atoms with Crippen LogP contribution < -0.4 is 0 Å². The molecule has 0 fully saturated rings. The predicted molar refractivity (Wildman–Crippen MR) is 66.1 cm³/mol. The molecule has 0 bridgehead atoms. The normalized spacial score (nSPS) is 12.8. The molecular weight excluding hydrogens is 287 g/mol. The fourth-order valence-electron chi connectivity index (χ4n) is 1.77. The van der Waals surface area contributed by atoms with Crippen LogP contribution in [0, 0.1) is 12.7 Å². The second-order valence-corrected chi connectivity index (χ2v) is 4.82. The van der Waals surface area contributed by atoms with E-state index in [0.29, 0.717) is 5.69 Å². The van der Waals surface area contributed by atoms with Gasteiger partial charge in [0.2, 0.25) is 0 Å². The highest BCUT2D eigenvalue weighted by atomic mass is 79.9. The van der Waals surface area contributed by atoms with Crippen LogP contribution in [0.1, 0.15) is 23.1 Å². The summed E-state index contributed by atoms with van der Waals surface area (Å²) < 4.78 is 15.9. The van der Waals surface area contributed by atoms with E-state index < -0.39 is 11.9 Å². The minimum Gasteiger partial charge on any atom is -0.382 e. The van der Waals surface area contributed by atoms with Gasteiger partial charge in [-0.3, -0.25) is 4.68 Å². The van der Waals surface area contributed by atoms with E-state index >= 15 is 0 Å². The average molecular weight is 299 g/mol. The number of aliphatic hydroxyl groups is 1. The van der Waals surface area contributed by atoms with Gasteiger partial charge < -0.3 is 5.11 Å². The van der Waals surface area contributed by atoms with Crippen molar-refractivity contribution in [3.63, 3.8) is 0 Å². The molecule has 1 atom stereocenters. The minimum absolute atomic E-state index is 0.238. The van der Waals surface area contributed by atoms with Gasteiger partial charge in [0.05, 0.1) is 11.4 Å². The number of aromatic nitrogens is 2. The lowest BCUT2D eigenvalue weighted by atomic mass is 10.1. The molecule has 3 nitrogen and oxygen atoms in total. The van der Waals surface area contributed by atoms with E-state index in [4.69, 9.17) is 0 Å². The van der Waals surface area contributed by atoms with Gasteiger partial charge in [-0.05, 0) is 31.2 Å². The number of aliphatic hydroxyl groups excluding tert-OH is 1. The van der Waals surface area contributed by atoms with Gasteiger partial charge in [-0.1, -0.05) is 15.9 Å². The van der Waals surface area contributed by atoms with Gasteiger partial charge in [0.15, 0.2) is 0 Å². The smallest absolute Gasteiger partial charge is 0.129 e. The van der Waals surface area contributed by atoms with E-state index in [-0.39, 0.29) is 5.56 Å². The lowest BCUT2D eigenvalue weighted by molar-refractivity contribution is 0.204. The van der Waals surface area contributed by atoms with Gasteiger partial charge in [-0.25, -0.2) is 4.39 Å². The Balaban J connectivity index is 2.46. The molecule has 5 heteroatoms. The monoisotopic (exact) mass is 298 g/mol. The zero-order valence-electron chi connectivity index (χ0n) is 9.48. The summed E-state index contributed by atoms with van der Waals surface area (Å²) in [5.74, 6) is -0.431. The molecule has 0 aliphatic rings. The first-order valence-corrected chi connectivity index (χ1v) is 5.92. The van der Waals surface area contributed by atoms with Crippen molar-refractivity contribution in [1.82, 2.24) is 9.78 Å². The number of rotatable bonds is 2. The molecular formula is C12H12BrFN2O. The van der Waals surface area contributed by atoms with Crippen LogP contribution in [0.15, 0.2) is 28.7 Å². The van der Waals surface area contributed by atoms with Gasteiger partial charge in [0, 0.05) is 17.1 Å².